The SMILES string of the molecule is COc1nccn1C(C)C. The minimum Gasteiger partial charge on any atom is -0.468 e. The van der Waals surface area contributed by atoms with Gasteiger partial charge >= 0.3 is 0 Å². The lowest BCUT2D eigenvalue weighted by molar-refractivity contribution is 0.346. The lowest BCUT2D eigenvalue weighted by atomic mass is 10.4. The summed E-state index contributed by atoms with van der Waals surface area (Å²) in [6.45, 7) is 4.18. The Labute approximate surface area is 60.6 Å². The molecular weight excluding hydrogens is 128 g/mol. The molecule has 0 unspecified atom stereocenters. The fourth-order valence-corrected chi connectivity index (χ4v) is 0.850. The molecule has 0 amide bonds. The second-order valence-corrected chi connectivity index (χ2v) is 2.41. The third-order valence-corrected chi connectivity index (χ3v) is 1.37. The van der Waals surface area contributed by atoms with Crippen LogP contribution in [0.15, 0.2) is 12.4 Å². The molecule has 0 atom stereocenters. The van der Waals surface area contributed by atoms with Gasteiger partial charge in [-0.15, -0.1) is 0 Å². The fraction of sp³-hybridized carbons (Fsp3) is 0.571. The predicted octanol–water partition coefficient (Wildman–Crippen LogP) is 1.47. The van der Waals surface area contributed by atoms with E-state index in [0.29, 0.717) is 12.1 Å². The van der Waals surface area contributed by atoms with Crippen LogP contribution in [0.4, 0.5) is 0 Å². The average molecular weight is 140 g/mol. The van der Waals surface area contributed by atoms with E-state index in [4.69, 9.17) is 4.74 Å². The minimum absolute atomic E-state index is 0.414. The molecule has 0 aliphatic rings. The van der Waals surface area contributed by atoms with Gasteiger partial charge in [-0.25, -0.2) is 4.98 Å². The summed E-state index contributed by atoms with van der Waals surface area (Å²) in [5.41, 5.74) is 0. The third kappa shape index (κ3) is 1.12. The maximum Gasteiger partial charge on any atom is 0.296 e. The number of hydrogen-bond acceptors (Lipinski definition) is 2. The zero-order valence-corrected chi connectivity index (χ0v) is 6.53. The van der Waals surface area contributed by atoms with Crippen LogP contribution in [-0.2, 0) is 0 Å². The monoisotopic (exact) mass is 140 g/mol. The van der Waals surface area contributed by atoms with E-state index in [1.165, 1.54) is 0 Å². The number of nitrogens with zero attached hydrogens (tertiary/aromatic N) is 2. The highest BCUT2D eigenvalue weighted by molar-refractivity contribution is 4.99. The first-order valence-electron chi connectivity index (χ1n) is 3.32. The van der Waals surface area contributed by atoms with Gasteiger partial charge < -0.3 is 4.74 Å². The molecular formula is C7H12N2O. The number of aromatic nitrogens is 2. The van der Waals surface area contributed by atoms with Gasteiger partial charge in [0.15, 0.2) is 0 Å². The first kappa shape index (κ1) is 7.12. The van der Waals surface area contributed by atoms with Crippen LogP contribution in [0.1, 0.15) is 19.9 Å². The van der Waals surface area contributed by atoms with Crippen LogP contribution in [0.3, 0.4) is 0 Å². The maximum atomic E-state index is 5.00. The summed E-state index contributed by atoms with van der Waals surface area (Å²) in [6.07, 6.45) is 3.64. The molecule has 1 rings (SSSR count). The molecule has 0 fully saturated rings. The standard InChI is InChI=1S/C7H12N2O/c1-6(2)9-5-4-8-7(9)10-3/h4-6H,1-3H3. The zero-order chi connectivity index (χ0) is 7.56. The van der Waals surface area contributed by atoms with Crippen molar-refractivity contribution in [2.75, 3.05) is 7.11 Å². The van der Waals surface area contributed by atoms with Crippen LogP contribution in [0.5, 0.6) is 6.01 Å². The lowest BCUT2D eigenvalue weighted by Crippen LogP contribution is -2.01. The van der Waals surface area contributed by atoms with Crippen molar-refractivity contribution in [1.82, 2.24) is 9.55 Å². The third-order valence-electron chi connectivity index (χ3n) is 1.37. The van der Waals surface area contributed by atoms with Gasteiger partial charge in [0, 0.05) is 18.4 Å². The van der Waals surface area contributed by atoms with E-state index in [0.717, 1.165) is 0 Å². The molecule has 0 saturated carbocycles. The van der Waals surface area contributed by atoms with Gasteiger partial charge in [-0.1, -0.05) is 0 Å². The molecule has 0 N–H and O–H groups in total. The number of methoxy groups -OCH3 is 1. The molecule has 1 aromatic heterocycles. The largest absolute Gasteiger partial charge is 0.468 e. The van der Waals surface area contributed by atoms with E-state index in [-0.39, 0.29) is 0 Å². The smallest absolute Gasteiger partial charge is 0.296 e. The molecule has 0 bridgehead atoms. The summed E-state index contributed by atoms with van der Waals surface area (Å²) in [4.78, 5) is 4.00. The Balaban J connectivity index is 2.90. The normalized spacial score (nSPS) is 10.4. The molecule has 3 heteroatoms. The summed E-state index contributed by atoms with van der Waals surface area (Å²) < 4.78 is 6.97. The predicted molar refractivity (Wildman–Crippen MR) is 39.2 cm³/mol. The summed E-state index contributed by atoms with van der Waals surface area (Å²) in [6, 6.07) is 1.09. The van der Waals surface area contributed by atoms with E-state index < -0.39 is 0 Å². The van der Waals surface area contributed by atoms with Crippen molar-refractivity contribution in [1.29, 1.82) is 0 Å². The molecule has 56 valence electrons. The van der Waals surface area contributed by atoms with Crippen LogP contribution in [0.2, 0.25) is 0 Å². The Hall–Kier alpha value is -0.990. The fourth-order valence-electron chi connectivity index (χ4n) is 0.850. The zero-order valence-electron chi connectivity index (χ0n) is 6.53. The van der Waals surface area contributed by atoms with E-state index in [2.05, 4.69) is 18.8 Å². The van der Waals surface area contributed by atoms with Gasteiger partial charge in [-0.05, 0) is 13.8 Å². The number of hydrogen-bond donors (Lipinski definition) is 0. The van der Waals surface area contributed by atoms with Crippen molar-refractivity contribution in [3.05, 3.63) is 12.4 Å². The van der Waals surface area contributed by atoms with Crippen molar-refractivity contribution in [2.45, 2.75) is 19.9 Å². The number of imidazole rings is 1. The van der Waals surface area contributed by atoms with Crippen LogP contribution in [0.25, 0.3) is 0 Å². The second kappa shape index (κ2) is 2.73. The Morgan fingerprint density at radius 2 is 2.30 bits per heavy atom. The number of rotatable bonds is 2. The molecule has 1 aromatic rings. The maximum absolute atomic E-state index is 5.00. The summed E-state index contributed by atoms with van der Waals surface area (Å²) in [7, 11) is 1.63. The molecule has 0 spiro atoms. The van der Waals surface area contributed by atoms with Crippen molar-refractivity contribution in [3.63, 3.8) is 0 Å². The van der Waals surface area contributed by atoms with Crippen LogP contribution in [-0.4, -0.2) is 16.7 Å². The van der Waals surface area contributed by atoms with Crippen LogP contribution >= 0.6 is 0 Å². The summed E-state index contributed by atoms with van der Waals surface area (Å²) in [5.74, 6) is 0. The van der Waals surface area contributed by atoms with Gasteiger partial charge in [-0.2, -0.15) is 0 Å². The molecule has 0 aromatic carbocycles. The molecule has 0 radical (unpaired) electrons. The molecule has 3 nitrogen and oxygen atoms in total. The van der Waals surface area contributed by atoms with Crippen molar-refractivity contribution in [3.8, 4) is 6.01 Å². The average Bonchev–Trinajstić information content (AvgIpc) is 2.33. The first-order chi connectivity index (χ1) is 4.75. The minimum atomic E-state index is 0.414. The molecule has 0 aliphatic carbocycles. The van der Waals surface area contributed by atoms with Gasteiger partial charge in [0.25, 0.3) is 6.01 Å². The quantitative estimate of drug-likeness (QED) is 0.622. The Bertz CT molecular complexity index is 205. The van der Waals surface area contributed by atoms with Crippen molar-refractivity contribution < 1.29 is 4.74 Å². The first-order valence-corrected chi connectivity index (χ1v) is 3.32. The van der Waals surface area contributed by atoms with Gasteiger partial charge in [0.1, 0.15) is 0 Å². The lowest BCUT2D eigenvalue weighted by Gasteiger charge is -2.08. The summed E-state index contributed by atoms with van der Waals surface area (Å²) >= 11 is 0. The van der Waals surface area contributed by atoms with Crippen molar-refractivity contribution >= 4 is 0 Å². The van der Waals surface area contributed by atoms with Crippen LogP contribution in [0, 0.1) is 0 Å². The molecule has 0 saturated heterocycles. The van der Waals surface area contributed by atoms with Crippen molar-refractivity contribution in [2.24, 2.45) is 0 Å². The van der Waals surface area contributed by atoms with Gasteiger partial charge in [-0.3, -0.25) is 4.57 Å². The summed E-state index contributed by atoms with van der Waals surface area (Å²) in [5, 5.41) is 0. The molecule has 10 heavy (non-hydrogen) atoms. The highest BCUT2D eigenvalue weighted by Crippen LogP contribution is 2.13. The molecule has 0 aliphatic heterocycles. The highest BCUT2D eigenvalue weighted by atomic mass is 16.5. The highest BCUT2D eigenvalue weighted by Gasteiger charge is 2.03. The second-order valence-electron chi connectivity index (χ2n) is 2.41. The Morgan fingerprint density at radius 3 is 2.70 bits per heavy atom. The van der Waals surface area contributed by atoms with E-state index in [1.54, 1.807) is 13.3 Å². The van der Waals surface area contributed by atoms with E-state index in [9.17, 15) is 0 Å². The molecule has 1 heterocycles. The van der Waals surface area contributed by atoms with Gasteiger partial charge in [0.2, 0.25) is 0 Å². The Morgan fingerprint density at radius 1 is 1.60 bits per heavy atom. The topological polar surface area (TPSA) is 27.1 Å². The number of ether oxygens (including phenoxy) is 1. The van der Waals surface area contributed by atoms with Crippen LogP contribution < -0.4 is 4.74 Å². The van der Waals surface area contributed by atoms with E-state index >= 15 is 0 Å². The van der Waals surface area contributed by atoms with E-state index in [1.807, 2.05) is 10.8 Å². The van der Waals surface area contributed by atoms with Gasteiger partial charge in [0.05, 0.1) is 7.11 Å². The Kier molecular flexibility index (Phi) is 1.94.